The molecule has 0 atom stereocenters. The highest BCUT2D eigenvalue weighted by atomic mass is 32.2. The first-order chi connectivity index (χ1) is 13.5. The molecule has 0 aliphatic rings. The lowest BCUT2D eigenvalue weighted by atomic mass is 10.1. The first-order valence-corrected chi connectivity index (χ1v) is 9.38. The Kier molecular flexibility index (Phi) is 6.05. The van der Waals surface area contributed by atoms with Gasteiger partial charge in [-0.1, -0.05) is 48.2 Å². The van der Waals surface area contributed by atoms with Crippen LogP contribution >= 0.6 is 11.8 Å². The molecule has 144 valence electrons. The number of aryl methyl sites for hydroxylation is 1. The lowest BCUT2D eigenvalue weighted by molar-refractivity contribution is -0.119. The molecule has 2 N–H and O–H groups in total. The number of carbonyl (C=O) groups excluding carboxylic acids is 2. The number of benzene rings is 2. The maximum atomic E-state index is 13.6. The summed E-state index contributed by atoms with van der Waals surface area (Å²) in [4.78, 5) is 23.9. The molecule has 2 aromatic carbocycles. The van der Waals surface area contributed by atoms with Crippen LogP contribution in [0.4, 0.5) is 4.39 Å². The molecule has 0 fully saturated rings. The Balaban J connectivity index is 1.56. The first kappa shape index (κ1) is 19.6. The van der Waals surface area contributed by atoms with Crippen molar-refractivity contribution in [1.29, 1.82) is 0 Å². The SMILES string of the molecule is Cc1ccccc1-c1nnc(SCC(=O)NNC(=O)c2ccccc2F)n1C. The molecule has 0 spiro atoms. The van der Waals surface area contributed by atoms with Gasteiger partial charge >= 0.3 is 0 Å². The fourth-order valence-electron chi connectivity index (χ4n) is 2.50. The van der Waals surface area contributed by atoms with Crippen molar-refractivity contribution in [2.24, 2.45) is 7.05 Å². The normalized spacial score (nSPS) is 10.5. The summed E-state index contributed by atoms with van der Waals surface area (Å²) in [5.74, 6) is -1.12. The molecule has 0 unspecified atom stereocenters. The summed E-state index contributed by atoms with van der Waals surface area (Å²) < 4.78 is 15.4. The van der Waals surface area contributed by atoms with Gasteiger partial charge in [0.2, 0.25) is 5.91 Å². The van der Waals surface area contributed by atoms with E-state index in [1.54, 1.807) is 4.57 Å². The first-order valence-electron chi connectivity index (χ1n) is 8.39. The Labute approximate surface area is 165 Å². The Bertz CT molecular complexity index is 1020. The zero-order valence-corrected chi connectivity index (χ0v) is 16.1. The number of aromatic nitrogens is 3. The minimum atomic E-state index is -0.725. The molecule has 0 saturated carbocycles. The second kappa shape index (κ2) is 8.66. The number of nitrogens with one attached hydrogen (secondary N) is 2. The molecule has 0 aliphatic carbocycles. The van der Waals surface area contributed by atoms with Crippen LogP contribution < -0.4 is 10.9 Å². The molecule has 0 aliphatic heterocycles. The summed E-state index contributed by atoms with van der Waals surface area (Å²) in [6.07, 6.45) is 0. The monoisotopic (exact) mass is 399 g/mol. The maximum Gasteiger partial charge on any atom is 0.272 e. The summed E-state index contributed by atoms with van der Waals surface area (Å²) >= 11 is 1.18. The average Bonchev–Trinajstić information content (AvgIpc) is 3.05. The minimum Gasteiger partial charge on any atom is -0.305 e. The number of rotatable bonds is 5. The molecule has 1 heterocycles. The van der Waals surface area contributed by atoms with Gasteiger partial charge in [-0.2, -0.15) is 0 Å². The third-order valence-corrected chi connectivity index (χ3v) is 5.01. The van der Waals surface area contributed by atoms with Gasteiger partial charge in [-0.3, -0.25) is 20.4 Å². The Morgan fingerprint density at radius 3 is 2.54 bits per heavy atom. The summed E-state index contributed by atoms with van der Waals surface area (Å²) in [5.41, 5.74) is 6.35. The Hall–Kier alpha value is -3.20. The molecule has 0 saturated heterocycles. The van der Waals surface area contributed by atoms with Crippen molar-refractivity contribution in [2.75, 3.05) is 5.75 Å². The number of nitrogens with zero attached hydrogens (tertiary/aromatic N) is 3. The summed E-state index contributed by atoms with van der Waals surface area (Å²) in [7, 11) is 1.82. The highest BCUT2D eigenvalue weighted by Gasteiger charge is 2.15. The number of halogens is 1. The van der Waals surface area contributed by atoms with Gasteiger partial charge in [-0.05, 0) is 24.6 Å². The van der Waals surface area contributed by atoms with Crippen molar-refractivity contribution in [3.05, 3.63) is 65.5 Å². The van der Waals surface area contributed by atoms with Gasteiger partial charge < -0.3 is 4.57 Å². The van der Waals surface area contributed by atoms with Crippen molar-refractivity contribution in [2.45, 2.75) is 12.1 Å². The highest BCUT2D eigenvalue weighted by Crippen LogP contribution is 2.24. The molecule has 28 heavy (non-hydrogen) atoms. The van der Waals surface area contributed by atoms with E-state index in [1.807, 2.05) is 38.2 Å². The fourth-order valence-corrected chi connectivity index (χ4v) is 3.22. The van der Waals surface area contributed by atoms with E-state index in [0.29, 0.717) is 11.0 Å². The van der Waals surface area contributed by atoms with Gasteiger partial charge in [-0.25, -0.2) is 4.39 Å². The number of hydrazine groups is 1. The number of carbonyl (C=O) groups is 2. The van der Waals surface area contributed by atoms with Crippen LogP contribution in [0.2, 0.25) is 0 Å². The Morgan fingerprint density at radius 2 is 1.79 bits per heavy atom. The second-order valence-electron chi connectivity index (χ2n) is 5.95. The van der Waals surface area contributed by atoms with E-state index < -0.39 is 17.6 Å². The van der Waals surface area contributed by atoms with Crippen molar-refractivity contribution in [1.82, 2.24) is 25.6 Å². The van der Waals surface area contributed by atoms with Crippen molar-refractivity contribution in [3.8, 4) is 11.4 Å². The number of hydrogen-bond donors (Lipinski definition) is 2. The predicted molar refractivity (Wildman–Crippen MR) is 104 cm³/mol. The third-order valence-electron chi connectivity index (χ3n) is 3.99. The number of thioether (sulfide) groups is 1. The van der Waals surface area contributed by atoms with E-state index in [1.165, 1.54) is 36.0 Å². The topological polar surface area (TPSA) is 88.9 Å². The van der Waals surface area contributed by atoms with Gasteiger partial charge in [0, 0.05) is 12.6 Å². The molecule has 7 nitrogen and oxygen atoms in total. The van der Waals surface area contributed by atoms with Crippen LogP contribution in [-0.4, -0.2) is 32.3 Å². The zero-order chi connectivity index (χ0) is 20.1. The van der Waals surface area contributed by atoms with E-state index in [-0.39, 0.29) is 11.3 Å². The van der Waals surface area contributed by atoms with Gasteiger partial charge in [0.15, 0.2) is 11.0 Å². The molecule has 3 rings (SSSR count). The van der Waals surface area contributed by atoms with Crippen LogP contribution in [0.3, 0.4) is 0 Å². The van der Waals surface area contributed by atoms with Crippen molar-refractivity contribution >= 4 is 23.6 Å². The van der Waals surface area contributed by atoms with Gasteiger partial charge in [0.1, 0.15) is 5.82 Å². The predicted octanol–water partition coefficient (Wildman–Crippen LogP) is 2.48. The molecule has 9 heteroatoms. The van der Waals surface area contributed by atoms with Crippen LogP contribution in [0, 0.1) is 12.7 Å². The van der Waals surface area contributed by atoms with Crippen LogP contribution in [0.1, 0.15) is 15.9 Å². The van der Waals surface area contributed by atoms with E-state index in [2.05, 4.69) is 21.0 Å². The highest BCUT2D eigenvalue weighted by molar-refractivity contribution is 7.99. The largest absolute Gasteiger partial charge is 0.305 e. The summed E-state index contributed by atoms with van der Waals surface area (Å²) in [6, 6.07) is 13.3. The van der Waals surface area contributed by atoms with E-state index >= 15 is 0 Å². The molecule has 3 aromatic rings. The van der Waals surface area contributed by atoms with Crippen LogP contribution in [0.25, 0.3) is 11.4 Å². The second-order valence-corrected chi connectivity index (χ2v) is 6.89. The summed E-state index contributed by atoms with van der Waals surface area (Å²) in [5, 5.41) is 8.88. The van der Waals surface area contributed by atoms with Gasteiger partial charge in [0.05, 0.1) is 11.3 Å². The van der Waals surface area contributed by atoms with E-state index in [0.717, 1.165) is 11.1 Å². The summed E-state index contributed by atoms with van der Waals surface area (Å²) in [6.45, 7) is 1.99. The molecule has 1 aromatic heterocycles. The molecular formula is C19H18FN5O2S. The van der Waals surface area contributed by atoms with Crippen LogP contribution in [-0.2, 0) is 11.8 Å². The van der Waals surface area contributed by atoms with E-state index in [4.69, 9.17) is 0 Å². The number of hydrogen-bond acceptors (Lipinski definition) is 5. The lowest BCUT2D eigenvalue weighted by Crippen LogP contribution is -2.42. The van der Waals surface area contributed by atoms with Gasteiger partial charge in [0.25, 0.3) is 5.91 Å². The Morgan fingerprint density at radius 1 is 1.07 bits per heavy atom. The zero-order valence-electron chi connectivity index (χ0n) is 15.3. The third kappa shape index (κ3) is 4.37. The smallest absolute Gasteiger partial charge is 0.272 e. The fraction of sp³-hybridized carbons (Fsp3) is 0.158. The van der Waals surface area contributed by atoms with Gasteiger partial charge in [-0.15, -0.1) is 10.2 Å². The number of amides is 2. The van der Waals surface area contributed by atoms with Crippen LogP contribution in [0.5, 0.6) is 0 Å². The van der Waals surface area contributed by atoms with Crippen molar-refractivity contribution in [3.63, 3.8) is 0 Å². The quantitative estimate of drug-likeness (QED) is 0.508. The maximum absolute atomic E-state index is 13.6. The van der Waals surface area contributed by atoms with Crippen LogP contribution in [0.15, 0.2) is 53.7 Å². The van der Waals surface area contributed by atoms with Crippen molar-refractivity contribution < 1.29 is 14.0 Å². The average molecular weight is 399 g/mol. The molecule has 2 amide bonds. The van der Waals surface area contributed by atoms with E-state index in [9.17, 15) is 14.0 Å². The minimum absolute atomic E-state index is 0.0112. The molecule has 0 radical (unpaired) electrons. The standard InChI is InChI=1S/C19H18FN5O2S/c1-12-7-3-4-8-13(12)17-22-24-19(25(17)2)28-11-16(26)21-23-18(27)14-9-5-6-10-15(14)20/h3-10H,11H2,1-2H3,(H,21,26)(H,23,27). The molecule has 0 bridgehead atoms. The molecular weight excluding hydrogens is 381 g/mol. The lowest BCUT2D eigenvalue weighted by Gasteiger charge is -2.08.